The van der Waals surface area contributed by atoms with E-state index in [1.165, 1.54) is 0 Å². The van der Waals surface area contributed by atoms with Gasteiger partial charge < -0.3 is 15.5 Å². The van der Waals surface area contributed by atoms with E-state index in [4.69, 9.17) is 10.2 Å². The van der Waals surface area contributed by atoms with Crippen LogP contribution in [0.1, 0.15) is 36.2 Å². The molecule has 0 aliphatic carbocycles. The van der Waals surface area contributed by atoms with Gasteiger partial charge in [0.15, 0.2) is 0 Å². The number of carboxylic acid groups (broad SMARTS) is 2. The van der Waals surface area contributed by atoms with Crippen molar-refractivity contribution in [3.8, 4) is 0 Å². The fourth-order valence-corrected chi connectivity index (χ4v) is 1.34. The molecule has 0 spiro atoms. The predicted molar refractivity (Wildman–Crippen MR) is 61.5 cm³/mol. The molecule has 0 saturated carbocycles. The molecule has 1 amide bonds. The van der Waals surface area contributed by atoms with E-state index < -0.39 is 30.3 Å². The summed E-state index contributed by atoms with van der Waals surface area (Å²) in [5, 5.41) is 25.6. The summed E-state index contributed by atoms with van der Waals surface area (Å²) in [6, 6.07) is -1.52. The number of carboxylic acids is 2. The smallest absolute Gasteiger partial charge is 0.326 e. The average molecular weight is 270 g/mol. The summed E-state index contributed by atoms with van der Waals surface area (Å²) < 4.78 is 0. The number of aromatic amines is 1. The lowest BCUT2D eigenvalue weighted by Crippen LogP contribution is -2.42. The zero-order valence-electron chi connectivity index (χ0n) is 10.2. The van der Waals surface area contributed by atoms with Crippen LogP contribution in [0.2, 0.25) is 0 Å². The molecule has 9 heteroatoms. The molecule has 1 rings (SSSR count). The molecule has 1 atom stereocenters. The van der Waals surface area contributed by atoms with Gasteiger partial charge in [-0.1, -0.05) is 6.92 Å². The molecule has 0 radical (unpaired) electrons. The summed E-state index contributed by atoms with van der Waals surface area (Å²) >= 11 is 0. The minimum Gasteiger partial charge on any atom is -0.481 e. The van der Waals surface area contributed by atoms with Crippen molar-refractivity contribution >= 4 is 17.8 Å². The first kappa shape index (κ1) is 14.6. The van der Waals surface area contributed by atoms with Gasteiger partial charge in [0.1, 0.15) is 11.9 Å². The molecule has 1 aromatic rings. The molecule has 0 fully saturated rings. The Kier molecular flexibility index (Phi) is 4.98. The summed E-state index contributed by atoms with van der Waals surface area (Å²) in [5.74, 6) is -3.28. The van der Waals surface area contributed by atoms with Crippen LogP contribution >= 0.6 is 0 Å². The first-order chi connectivity index (χ1) is 8.93. The van der Waals surface area contributed by atoms with Crippen LogP contribution in [0, 0.1) is 0 Å². The number of aromatic nitrogens is 3. The van der Waals surface area contributed by atoms with Gasteiger partial charge in [0.25, 0.3) is 5.91 Å². The van der Waals surface area contributed by atoms with Crippen LogP contribution < -0.4 is 5.32 Å². The van der Waals surface area contributed by atoms with E-state index in [1.807, 2.05) is 6.92 Å². The maximum absolute atomic E-state index is 11.6. The minimum atomic E-state index is -1.52. The highest BCUT2D eigenvalue weighted by atomic mass is 16.4. The number of H-pyrrole nitrogens is 1. The van der Waals surface area contributed by atoms with Gasteiger partial charge in [-0.05, 0) is 6.42 Å². The van der Waals surface area contributed by atoms with E-state index in [1.54, 1.807) is 0 Å². The monoisotopic (exact) mass is 270 g/mol. The van der Waals surface area contributed by atoms with E-state index in [0.717, 1.165) is 6.42 Å². The highest BCUT2D eigenvalue weighted by molar-refractivity contribution is 5.94. The van der Waals surface area contributed by atoms with Crippen LogP contribution in [-0.4, -0.2) is 49.3 Å². The molecule has 0 bridgehead atoms. The Balaban J connectivity index is 2.70. The number of amides is 1. The van der Waals surface area contributed by atoms with E-state index in [9.17, 15) is 14.4 Å². The van der Waals surface area contributed by atoms with Gasteiger partial charge in [0.2, 0.25) is 5.82 Å². The second kappa shape index (κ2) is 6.47. The van der Waals surface area contributed by atoms with Gasteiger partial charge in [0, 0.05) is 6.42 Å². The van der Waals surface area contributed by atoms with Crippen molar-refractivity contribution in [1.29, 1.82) is 0 Å². The maximum Gasteiger partial charge on any atom is 0.326 e. The fraction of sp³-hybridized carbons (Fsp3) is 0.500. The second-order valence-electron chi connectivity index (χ2n) is 3.82. The van der Waals surface area contributed by atoms with Crippen molar-refractivity contribution in [3.63, 3.8) is 0 Å². The lowest BCUT2D eigenvalue weighted by molar-refractivity contribution is -0.145. The number of nitrogens with zero attached hydrogens (tertiary/aromatic N) is 2. The van der Waals surface area contributed by atoms with Crippen molar-refractivity contribution in [2.75, 3.05) is 0 Å². The van der Waals surface area contributed by atoms with Crippen molar-refractivity contribution in [2.24, 2.45) is 0 Å². The average Bonchev–Trinajstić information content (AvgIpc) is 2.76. The number of rotatable bonds is 7. The molecule has 104 valence electrons. The number of aryl methyl sites for hydroxylation is 1. The molecule has 19 heavy (non-hydrogen) atoms. The predicted octanol–water partition coefficient (Wildman–Crippen LogP) is -0.585. The zero-order chi connectivity index (χ0) is 14.4. The Morgan fingerprint density at radius 3 is 2.58 bits per heavy atom. The highest BCUT2D eigenvalue weighted by Gasteiger charge is 2.25. The fourth-order valence-electron chi connectivity index (χ4n) is 1.34. The standard InChI is InChI=1S/C10H14N4O5/c1-2-3-6-12-8(14-13-6)9(17)11-5(10(18)19)4-7(15)16/h5H,2-4H2,1H3,(H,11,17)(H,15,16)(H,18,19)(H,12,13,14)/t5-/m1/s1. The van der Waals surface area contributed by atoms with Gasteiger partial charge >= 0.3 is 11.9 Å². The zero-order valence-corrected chi connectivity index (χ0v) is 10.2. The Labute approximate surface area is 108 Å². The third-order valence-corrected chi connectivity index (χ3v) is 2.20. The van der Waals surface area contributed by atoms with E-state index in [0.29, 0.717) is 12.2 Å². The largest absolute Gasteiger partial charge is 0.481 e. The van der Waals surface area contributed by atoms with Gasteiger partial charge in [-0.2, -0.15) is 0 Å². The number of nitrogens with one attached hydrogen (secondary N) is 2. The first-order valence-electron chi connectivity index (χ1n) is 5.60. The molecule has 4 N–H and O–H groups in total. The Bertz CT molecular complexity index is 484. The number of aliphatic carboxylic acids is 2. The van der Waals surface area contributed by atoms with E-state index in [2.05, 4.69) is 20.5 Å². The van der Waals surface area contributed by atoms with Gasteiger partial charge in [0.05, 0.1) is 6.42 Å². The Morgan fingerprint density at radius 1 is 1.37 bits per heavy atom. The Morgan fingerprint density at radius 2 is 2.05 bits per heavy atom. The van der Waals surface area contributed by atoms with Crippen molar-refractivity contribution in [2.45, 2.75) is 32.2 Å². The summed E-state index contributed by atoms with van der Waals surface area (Å²) in [4.78, 5) is 36.8. The third kappa shape index (κ3) is 4.37. The molecule has 1 heterocycles. The molecule has 1 aromatic heterocycles. The van der Waals surface area contributed by atoms with E-state index in [-0.39, 0.29) is 5.82 Å². The minimum absolute atomic E-state index is 0.208. The quantitative estimate of drug-likeness (QED) is 0.518. The van der Waals surface area contributed by atoms with Crippen LogP contribution in [0.5, 0.6) is 0 Å². The molecular weight excluding hydrogens is 256 g/mol. The summed E-state index contributed by atoms with van der Waals surface area (Å²) in [7, 11) is 0. The third-order valence-electron chi connectivity index (χ3n) is 2.20. The second-order valence-corrected chi connectivity index (χ2v) is 3.82. The van der Waals surface area contributed by atoms with Crippen LogP contribution in [-0.2, 0) is 16.0 Å². The topological polar surface area (TPSA) is 145 Å². The van der Waals surface area contributed by atoms with Crippen molar-refractivity contribution < 1.29 is 24.6 Å². The van der Waals surface area contributed by atoms with Gasteiger partial charge in [-0.15, -0.1) is 5.10 Å². The van der Waals surface area contributed by atoms with Crippen LogP contribution in [0.25, 0.3) is 0 Å². The molecule has 0 saturated heterocycles. The number of hydrogen-bond donors (Lipinski definition) is 4. The molecule has 0 aliphatic rings. The van der Waals surface area contributed by atoms with Crippen LogP contribution in [0.15, 0.2) is 0 Å². The molecule has 9 nitrogen and oxygen atoms in total. The summed E-state index contributed by atoms with van der Waals surface area (Å²) in [5.41, 5.74) is 0. The van der Waals surface area contributed by atoms with Crippen molar-refractivity contribution in [1.82, 2.24) is 20.5 Å². The first-order valence-corrected chi connectivity index (χ1v) is 5.60. The molecule has 0 aromatic carbocycles. The van der Waals surface area contributed by atoms with Gasteiger partial charge in [-0.3, -0.25) is 14.7 Å². The number of carbonyl (C=O) groups is 3. The number of hydrogen-bond acceptors (Lipinski definition) is 5. The SMILES string of the molecule is CCCc1nc(C(=O)N[C@H](CC(=O)O)C(=O)O)n[nH]1. The highest BCUT2D eigenvalue weighted by Crippen LogP contribution is 1.99. The van der Waals surface area contributed by atoms with Crippen LogP contribution in [0.3, 0.4) is 0 Å². The van der Waals surface area contributed by atoms with Crippen LogP contribution in [0.4, 0.5) is 0 Å². The van der Waals surface area contributed by atoms with Crippen molar-refractivity contribution in [3.05, 3.63) is 11.6 Å². The summed E-state index contributed by atoms with van der Waals surface area (Å²) in [6.45, 7) is 1.93. The maximum atomic E-state index is 11.6. The van der Waals surface area contributed by atoms with Gasteiger partial charge in [-0.25, -0.2) is 9.78 Å². The lowest BCUT2D eigenvalue weighted by atomic mass is 10.2. The normalized spacial score (nSPS) is 11.8. The lowest BCUT2D eigenvalue weighted by Gasteiger charge is -2.10. The number of carbonyl (C=O) groups excluding carboxylic acids is 1. The molecule has 0 unspecified atom stereocenters. The Hall–Kier alpha value is -2.45. The molecule has 0 aliphatic heterocycles. The van der Waals surface area contributed by atoms with E-state index >= 15 is 0 Å². The molecular formula is C10H14N4O5. The summed E-state index contributed by atoms with van der Waals surface area (Å²) in [6.07, 6.45) is 0.706.